The fourth-order valence-corrected chi connectivity index (χ4v) is 3.72. The van der Waals surface area contributed by atoms with E-state index < -0.39 is 15.8 Å². The molecule has 1 heterocycles. The van der Waals surface area contributed by atoms with Crippen molar-refractivity contribution in [2.24, 2.45) is 0 Å². The first-order valence-electron chi connectivity index (χ1n) is 7.71. The maximum Gasteiger partial charge on any atom is 0.328 e. The molecule has 0 amide bonds. The number of sulfone groups is 1. The van der Waals surface area contributed by atoms with Crippen LogP contribution in [0.4, 0.5) is 0 Å². The van der Waals surface area contributed by atoms with E-state index in [9.17, 15) is 13.2 Å². The fraction of sp³-hybridized carbons (Fsp3) is 0.111. The lowest BCUT2D eigenvalue weighted by atomic mass is 10.2. The Labute approximate surface area is 165 Å². The molecular formula is C18H14Cl2N2O4S. The SMILES string of the molecule is CS(=O)(=O)c1ccc2c(/C=C/C(=O)O)nn(Cc3ccc(Cl)cc3Cl)c2c1. The number of aliphatic carboxylic acids is 1. The lowest BCUT2D eigenvalue weighted by Gasteiger charge is -2.07. The topological polar surface area (TPSA) is 89.3 Å². The predicted molar refractivity (Wildman–Crippen MR) is 105 cm³/mol. The molecule has 0 aliphatic heterocycles. The number of carbonyl (C=O) groups is 1. The Bertz CT molecular complexity index is 1180. The molecule has 0 radical (unpaired) electrons. The van der Waals surface area contributed by atoms with E-state index in [1.54, 1.807) is 28.9 Å². The second-order valence-corrected chi connectivity index (χ2v) is 8.76. The van der Waals surface area contributed by atoms with Crippen LogP contribution in [-0.4, -0.2) is 35.5 Å². The second kappa shape index (κ2) is 7.34. The molecule has 140 valence electrons. The highest BCUT2D eigenvalue weighted by atomic mass is 35.5. The van der Waals surface area contributed by atoms with Crippen LogP contribution in [0.5, 0.6) is 0 Å². The van der Waals surface area contributed by atoms with Crippen molar-refractivity contribution in [2.45, 2.75) is 11.4 Å². The minimum atomic E-state index is -3.41. The number of rotatable bonds is 5. The Hall–Kier alpha value is -2.35. The smallest absolute Gasteiger partial charge is 0.328 e. The number of nitrogens with zero attached hydrogens (tertiary/aromatic N) is 2. The van der Waals surface area contributed by atoms with E-state index in [0.717, 1.165) is 17.9 Å². The van der Waals surface area contributed by atoms with E-state index in [2.05, 4.69) is 5.10 Å². The van der Waals surface area contributed by atoms with Gasteiger partial charge in [0.2, 0.25) is 0 Å². The average Bonchev–Trinajstić information content (AvgIpc) is 2.92. The monoisotopic (exact) mass is 424 g/mol. The first-order valence-corrected chi connectivity index (χ1v) is 10.4. The van der Waals surface area contributed by atoms with Gasteiger partial charge < -0.3 is 5.11 Å². The van der Waals surface area contributed by atoms with Gasteiger partial charge in [-0.3, -0.25) is 4.68 Å². The van der Waals surface area contributed by atoms with Crippen molar-refractivity contribution in [2.75, 3.05) is 6.26 Å². The molecule has 6 nitrogen and oxygen atoms in total. The molecule has 0 saturated carbocycles. The molecule has 0 atom stereocenters. The number of halogens is 2. The van der Waals surface area contributed by atoms with Crippen LogP contribution < -0.4 is 0 Å². The van der Waals surface area contributed by atoms with Gasteiger partial charge in [-0.2, -0.15) is 5.10 Å². The molecule has 0 fully saturated rings. The van der Waals surface area contributed by atoms with Crippen LogP contribution in [0.25, 0.3) is 17.0 Å². The Balaban J connectivity index is 2.18. The Morgan fingerprint density at radius 3 is 2.59 bits per heavy atom. The normalized spacial score (nSPS) is 12.1. The van der Waals surface area contributed by atoms with Crippen molar-refractivity contribution >= 4 is 56.0 Å². The molecule has 27 heavy (non-hydrogen) atoms. The standard InChI is InChI=1S/C18H14Cl2N2O4S/c1-27(25,26)13-4-5-14-16(6-7-18(23)24)21-22(17(14)9-13)10-11-2-3-12(19)8-15(11)20/h2-9H,10H2,1H3,(H,23,24)/b7-6+. The van der Waals surface area contributed by atoms with Crippen LogP contribution in [0, 0.1) is 0 Å². The van der Waals surface area contributed by atoms with E-state index >= 15 is 0 Å². The summed E-state index contributed by atoms with van der Waals surface area (Å²) in [6.45, 7) is 0.265. The predicted octanol–water partition coefficient (Wildman–Crippen LogP) is 3.89. The number of hydrogen-bond acceptors (Lipinski definition) is 4. The third-order valence-corrected chi connectivity index (χ3v) is 5.60. The molecule has 0 unspecified atom stereocenters. The zero-order valence-corrected chi connectivity index (χ0v) is 16.4. The summed E-state index contributed by atoms with van der Waals surface area (Å²) in [5.74, 6) is -1.11. The highest BCUT2D eigenvalue weighted by Gasteiger charge is 2.15. The van der Waals surface area contributed by atoms with Crippen molar-refractivity contribution in [1.29, 1.82) is 0 Å². The van der Waals surface area contributed by atoms with E-state index in [4.69, 9.17) is 28.3 Å². The molecule has 2 aromatic carbocycles. The summed E-state index contributed by atoms with van der Waals surface area (Å²) >= 11 is 12.2. The number of hydrogen-bond donors (Lipinski definition) is 1. The summed E-state index contributed by atoms with van der Waals surface area (Å²) < 4.78 is 25.4. The summed E-state index contributed by atoms with van der Waals surface area (Å²) in [6.07, 6.45) is 3.47. The molecule has 0 spiro atoms. The van der Waals surface area contributed by atoms with Crippen LogP contribution in [0.2, 0.25) is 10.0 Å². The maximum atomic E-state index is 11.9. The van der Waals surface area contributed by atoms with Gasteiger partial charge in [-0.05, 0) is 42.0 Å². The molecule has 0 bridgehead atoms. The van der Waals surface area contributed by atoms with Gasteiger partial charge in [-0.15, -0.1) is 0 Å². The first kappa shape index (κ1) is 19.4. The fourth-order valence-electron chi connectivity index (χ4n) is 2.62. The first-order chi connectivity index (χ1) is 12.6. The summed E-state index contributed by atoms with van der Waals surface area (Å²) in [5.41, 5.74) is 1.70. The average molecular weight is 425 g/mol. The molecule has 3 aromatic rings. The molecule has 9 heteroatoms. The summed E-state index contributed by atoms with van der Waals surface area (Å²) in [6, 6.07) is 9.65. The zero-order valence-electron chi connectivity index (χ0n) is 14.1. The number of carboxylic acid groups (broad SMARTS) is 1. The Morgan fingerprint density at radius 1 is 1.22 bits per heavy atom. The Kier molecular flexibility index (Phi) is 5.28. The zero-order chi connectivity index (χ0) is 19.8. The van der Waals surface area contributed by atoms with Crippen molar-refractivity contribution < 1.29 is 18.3 Å². The van der Waals surface area contributed by atoms with Crippen molar-refractivity contribution in [3.05, 3.63) is 63.8 Å². The van der Waals surface area contributed by atoms with Crippen LogP contribution in [0.3, 0.4) is 0 Å². The second-order valence-electron chi connectivity index (χ2n) is 5.90. The highest BCUT2D eigenvalue weighted by Crippen LogP contribution is 2.27. The lowest BCUT2D eigenvalue weighted by Crippen LogP contribution is -2.03. The molecule has 1 N–H and O–H groups in total. The van der Waals surface area contributed by atoms with Gasteiger partial charge in [0, 0.05) is 27.8 Å². The van der Waals surface area contributed by atoms with Gasteiger partial charge in [0.05, 0.1) is 22.7 Å². The highest BCUT2D eigenvalue weighted by molar-refractivity contribution is 7.90. The van der Waals surface area contributed by atoms with E-state index in [1.165, 1.54) is 18.2 Å². The van der Waals surface area contributed by atoms with E-state index in [0.29, 0.717) is 26.6 Å². The van der Waals surface area contributed by atoms with Gasteiger partial charge >= 0.3 is 5.97 Å². The van der Waals surface area contributed by atoms with Gasteiger partial charge in [0.25, 0.3) is 0 Å². The minimum absolute atomic E-state index is 0.145. The number of carboxylic acids is 1. The van der Waals surface area contributed by atoms with Crippen molar-refractivity contribution in [1.82, 2.24) is 9.78 Å². The number of fused-ring (bicyclic) bond motifs is 1. The van der Waals surface area contributed by atoms with E-state index in [1.807, 2.05) is 0 Å². The third kappa shape index (κ3) is 4.32. The van der Waals surface area contributed by atoms with Crippen LogP contribution in [-0.2, 0) is 21.2 Å². The lowest BCUT2D eigenvalue weighted by molar-refractivity contribution is -0.131. The van der Waals surface area contributed by atoms with Gasteiger partial charge in [-0.25, -0.2) is 13.2 Å². The Morgan fingerprint density at radius 2 is 1.96 bits per heavy atom. The molecule has 0 aliphatic carbocycles. The van der Waals surface area contributed by atoms with Gasteiger partial charge in [0.1, 0.15) is 0 Å². The molecule has 0 aliphatic rings. The molecule has 1 aromatic heterocycles. The third-order valence-electron chi connectivity index (χ3n) is 3.90. The van der Waals surface area contributed by atoms with Crippen molar-refractivity contribution in [3.8, 4) is 0 Å². The largest absolute Gasteiger partial charge is 0.478 e. The summed E-state index contributed by atoms with van der Waals surface area (Å²) in [4.78, 5) is 11.0. The maximum absolute atomic E-state index is 11.9. The van der Waals surface area contributed by atoms with Crippen molar-refractivity contribution in [3.63, 3.8) is 0 Å². The van der Waals surface area contributed by atoms with Crippen LogP contribution >= 0.6 is 23.2 Å². The van der Waals surface area contributed by atoms with Gasteiger partial charge in [-0.1, -0.05) is 29.3 Å². The van der Waals surface area contributed by atoms with Crippen LogP contribution in [0.15, 0.2) is 47.4 Å². The number of aromatic nitrogens is 2. The summed E-state index contributed by atoms with van der Waals surface area (Å²) in [5, 5.41) is 14.9. The molecular weight excluding hydrogens is 411 g/mol. The van der Waals surface area contributed by atoms with Crippen LogP contribution in [0.1, 0.15) is 11.3 Å². The minimum Gasteiger partial charge on any atom is -0.478 e. The van der Waals surface area contributed by atoms with E-state index in [-0.39, 0.29) is 11.4 Å². The number of benzene rings is 2. The molecule has 0 saturated heterocycles. The van der Waals surface area contributed by atoms with Gasteiger partial charge in [0.15, 0.2) is 9.84 Å². The summed E-state index contributed by atoms with van der Waals surface area (Å²) in [7, 11) is -3.41. The molecule has 3 rings (SSSR count). The quantitative estimate of drug-likeness (QED) is 0.627.